The van der Waals surface area contributed by atoms with E-state index in [9.17, 15) is 13.2 Å². The maximum Gasteiger partial charge on any atom is 0.221 e. The topological polar surface area (TPSA) is 89.3 Å². The van der Waals surface area contributed by atoms with Gasteiger partial charge in [0.05, 0.1) is 11.0 Å². The molecule has 0 unspecified atom stereocenters. The molecule has 0 aliphatic heterocycles. The predicted molar refractivity (Wildman–Crippen MR) is 88.2 cm³/mol. The summed E-state index contributed by atoms with van der Waals surface area (Å²) in [5.74, 6) is -0.234. The molecule has 2 rings (SSSR count). The number of benzene rings is 1. The summed E-state index contributed by atoms with van der Waals surface area (Å²) in [5.41, 5.74) is 7.41. The van der Waals surface area contributed by atoms with Crippen LogP contribution in [0.5, 0.6) is 0 Å². The lowest BCUT2D eigenvalue weighted by Crippen LogP contribution is -2.29. The van der Waals surface area contributed by atoms with Gasteiger partial charge in [-0.25, -0.2) is 8.42 Å². The van der Waals surface area contributed by atoms with E-state index in [1.165, 1.54) is 0 Å². The molecular formula is C16H24N2O3S. The van der Waals surface area contributed by atoms with Crippen LogP contribution in [0.3, 0.4) is 0 Å². The average molecular weight is 324 g/mol. The maximum absolute atomic E-state index is 12.1. The minimum absolute atomic E-state index is 0.0363. The number of hydrogen-bond donors (Lipinski definition) is 2. The first-order valence-corrected chi connectivity index (χ1v) is 9.51. The van der Waals surface area contributed by atoms with Crippen molar-refractivity contribution in [3.63, 3.8) is 0 Å². The zero-order valence-corrected chi connectivity index (χ0v) is 13.6. The number of amides is 1. The molecule has 1 aromatic rings. The molecular weight excluding hydrogens is 300 g/mol. The number of carbonyl (C=O) groups is 1. The molecule has 0 atom stereocenters. The fraction of sp³-hybridized carbons (Fsp3) is 0.562. The van der Waals surface area contributed by atoms with Crippen molar-refractivity contribution in [3.8, 4) is 0 Å². The second kappa shape index (κ2) is 7.63. The largest absolute Gasteiger partial charge is 0.399 e. The quantitative estimate of drug-likeness (QED) is 0.747. The highest BCUT2D eigenvalue weighted by atomic mass is 32.2. The lowest BCUT2D eigenvalue weighted by molar-refractivity contribution is -0.120. The van der Waals surface area contributed by atoms with Gasteiger partial charge in [0.25, 0.3) is 0 Å². The van der Waals surface area contributed by atoms with Crippen LogP contribution < -0.4 is 11.1 Å². The highest BCUT2D eigenvalue weighted by Gasteiger charge is 2.28. The third-order valence-electron chi connectivity index (χ3n) is 4.14. The SMILES string of the molecule is Nc1ccc(CCNC(=O)CCS(=O)(=O)C2CCCC2)cc1. The van der Waals surface area contributed by atoms with E-state index >= 15 is 0 Å². The molecule has 0 bridgehead atoms. The zero-order chi connectivity index (χ0) is 16.0. The highest BCUT2D eigenvalue weighted by Crippen LogP contribution is 2.25. The molecule has 3 N–H and O–H groups in total. The van der Waals surface area contributed by atoms with Gasteiger partial charge in [-0.05, 0) is 37.0 Å². The summed E-state index contributed by atoms with van der Waals surface area (Å²) in [4.78, 5) is 11.8. The van der Waals surface area contributed by atoms with Crippen LogP contribution in [0.2, 0.25) is 0 Å². The molecule has 0 radical (unpaired) electrons. The van der Waals surface area contributed by atoms with E-state index in [0.717, 1.165) is 31.2 Å². The zero-order valence-electron chi connectivity index (χ0n) is 12.8. The number of nitrogens with one attached hydrogen (secondary N) is 1. The Kier molecular flexibility index (Phi) is 5.83. The Morgan fingerprint density at radius 1 is 1.18 bits per heavy atom. The summed E-state index contributed by atoms with van der Waals surface area (Å²) >= 11 is 0. The van der Waals surface area contributed by atoms with E-state index in [4.69, 9.17) is 5.73 Å². The Hall–Kier alpha value is -1.56. The van der Waals surface area contributed by atoms with E-state index in [-0.39, 0.29) is 23.3 Å². The van der Waals surface area contributed by atoms with Gasteiger partial charge in [0.2, 0.25) is 5.91 Å². The van der Waals surface area contributed by atoms with Gasteiger partial charge in [-0.1, -0.05) is 25.0 Å². The molecule has 1 aliphatic rings. The smallest absolute Gasteiger partial charge is 0.221 e. The molecule has 0 heterocycles. The van der Waals surface area contributed by atoms with Gasteiger partial charge >= 0.3 is 0 Å². The molecule has 1 aromatic carbocycles. The molecule has 1 amide bonds. The van der Waals surface area contributed by atoms with E-state index in [1.807, 2.05) is 24.3 Å². The number of hydrogen-bond acceptors (Lipinski definition) is 4. The van der Waals surface area contributed by atoms with Crippen molar-refractivity contribution in [2.24, 2.45) is 0 Å². The normalized spacial score (nSPS) is 15.8. The third-order valence-corrected chi connectivity index (χ3v) is 6.40. The van der Waals surface area contributed by atoms with Crippen molar-refractivity contribution in [2.75, 3.05) is 18.0 Å². The van der Waals surface area contributed by atoms with Gasteiger partial charge in [-0.15, -0.1) is 0 Å². The standard InChI is InChI=1S/C16H24N2O3S/c17-14-7-5-13(6-8-14)9-11-18-16(19)10-12-22(20,21)15-3-1-2-4-15/h5-8,15H,1-4,9-12,17H2,(H,18,19). The Balaban J connectivity index is 1.68. The minimum atomic E-state index is -3.11. The maximum atomic E-state index is 12.1. The number of rotatable bonds is 7. The van der Waals surface area contributed by atoms with Crippen molar-refractivity contribution in [1.29, 1.82) is 0 Å². The van der Waals surface area contributed by atoms with Gasteiger partial charge in [0.15, 0.2) is 9.84 Å². The first kappa shape index (κ1) is 16.8. The van der Waals surface area contributed by atoms with Crippen LogP contribution in [0, 0.1) is 0 Å². The summed E-state index contributed by atoms with van der Waals surface area (Å²) in [6.07, 6.45) is 4.24. The van der Waals surface area contributed by atoms with Crippen molar-refractivity contribution in [3.05, 3.63) is 29.8 Å². The number of carbonyl (C=O) groups excluding carboxylic acids is 1. The van der Waals surface area contributed by atoms with Crippen LogP contribution in [0.25, 0.3) is 0 Å². The van der Waals surface area contributed by atoms with Crippen LogP contribution in [-0.4, -0.2) is 31.9 Å². The van der Waals surface area contributed by atoms with Crippen LogP contribution in [0.1, 0.15) is 37.7 Å². The van der Waals surface area contributed by atoms with Crippen LogP contribution in [-0.2, 0) is 21.1 Å². The third kappa shape index (κ3) is 5.02. The van der Waals surface area contributed by atoms with E-state index in [2.05, 4.69) is 5.32 Å². The number of nitrogen functional groups attached to an aromatic ring is 1. The number of nitrogens with two attached hydrogens (primary N) is 1. The highest BCUT2D eigenvalue weighted by molar-refractivity contribution is 7.92. The summed E-state index contributed by atoms with van der Waals surface area (Å²) in [7, 11) is -3.11. The molecule has 0 spiro atoms. The van der Waals surface area contributed by atoms with Crippen molar-refractivity contribution < 1.29 is 13.2 Å². The fourth-order valence-electron chi connectivity index (χ4n) is 2.77. The van der Waals surface area contributed by atoms with Gasteiger partial charge in [0, 0.05) is 18.7 Å². The van der Waals surface area contributed by atoms with Crippen LogP contribution in [0.15, 0.2) is 24.3 Å². The fourth-order valence-corrected chi connectivity index (χ4v) is 4.62. The van der Waals surface area contributed by atoms with Crippen LogP contribution >= 0.6 is 0 Å². The van der Waals surface area contributed by atoms with E-state index < -0.39 is 9.84 Å². The Labute approximate surface area is 132 Å². The molecule has 0 saturated heterocycles. The first-order chi connectivity index (χ1) is 10.5. The monoisotopic (exact) mass is 324 g/mol. The molecule has 1 saturated carbocycles. The van der Waals surface area contributed by atoms with Gasteiger partial charge in [0.1, 0.15) is 0 Å². The molecule has 1 fully saturated rings. The molecule has 22 heavy (non-hydrogen) atoms. The number of sulfone groups is 1. The Morgan fingerprint density at radius 3 is 2.45 bits per heavy atom. The van der Waals surface area contributed by atoms with Crippen LogP contribution in [0.4, 0.5) is 5.69 Å². The second-order valence-electron chi connectivity index (χ2n) is 5.86. The van der Waals surface area contributed by atoms with E-state index in [0.29, 0.717) is 18.7 Å². The van der Waals surface area contributed by atoms with Crippen molar-refractivity contribution in [1.82, 2.24) is 5.32 Å². The summed E-state index contributed by atoms with van der Waals surface area (Å²) in [6, 6.07) is 7.49. The van der Waals surface area contributed by atoms with Crippen molar-refractivity contribution in [2.45, 2.75) is 43.8 Å². The first-order valence-electron chi connectivity index (χ1n) is 7.80. The Morgan fingerprint density at radius 2 is 1.82 bits per heavy atom. The minimum Gasteiger partial charge on any atom is -0.399 e. The van der Waals surface area contributed by atoms with E-state index in [1.54, 1.807) is 0 Å². The average Bonchev–Trinajstić information content (AvgIpc) is 3.02. The van der Waals surface area contributed by atoms with Crippen molar-refractivity contribution >= 4 is 21.4 Å². The molecule has 6 heteroatoms. The molecule has 122 valence electrons. The summed E-state index contributed by atoms with van der Waals surface area (Å²) < 4.78 is 24.1. The van der Waals surface area contributed by atoms with Gasteiger partial charge in [-0.2, -0.15) is 0 Å². The molecule has 1 aliphatic carbocycles. The lowest BCUT2D eigenvalue weighted by atomic mass is 10.1. The lowest BCUT2D eigenvalue weighted by Gasteiger charge is -2.11. The Bertz CT molecular complexity index is 590. The predicted octanol–water partition coefficient (Wildman–Crippen LogP) is 1.67. The van der Waals surface area contributed by atoms with Gasteiger partial charge in [-0.3, -0.25) is 4.79 Å². The molecule has 5 nitrogen and oxygen atoms in total. The summed E-state index contributed by atoms with van der Waals surface area (Å²) in [5, 5.41) is 2.55. The van der Waals surface area contributed by atoms with Gasteiger partial charge < -0.3 is 11.1 Å². The summed E-state index contributed by atoms with van der Waals surface area (Å²) in [6.45, 7) is 0.506. The second-order valence-corrected chi connectivity index (χ2v) is 8.27. The molecule has 0 aromatic heterocycles. The number of anilines is 1.